The van der Waals surface area contributed by atoms with Crippen molar-refractivity contribution >= 4 is 17.0 Å². The number of carbonyl (C=O) groups excluding carboxylic acids is 1. The summed E-state index contributed by atoms with van der Waals surface area (Å²) in [6.45, 7) is 0. The lowest BCUT2D eigenvalue weighted by atomic mass is 9.98. The van der Waals surface area contributed by atoms with Gasteiger partial charge in [0, 0.05) is 41.0 Å². The van der Waals surface area contributed by atoms with Gasteiger partial charge >= 0.3 is 6.09 Å². The van der Waals surface area contributed by atoms with Crippen molar-refractivity contribution in [1.82, 2.24) is 9.97 Å². The van der Waals surface area contributed by atoms with E-state index in [-0.39, 0.29) is 5.88 Å². The van der Waals surface area contributed by atoms with Crippen LogP contribution in [0.3, 0.4) is 0 Å². The fraction of sp³-hybridized carbons (Fsp3) is 0.111. The van der Waals surface area contributed by atoms with Crippen molar-refractivity contribution in [1.29, 1.82) is 5.26 Å². The van der Waals surface area contributed by atoms with Crippen LogP contribution >= 0.6 is 0 Å². The molecule has 0 aliphatic heterocycles. The van der Waals surface area contributed by atoms with Crippen molar-refractivity contribution < 1.29 is 19.0 Å². The monoisotopic (exact) mass is 350 g/mol. The van der Waals surface area contributed by atoms with E-state index in [2.05, 4.69) is 16.0 Å². The number of nitriles is 1. The molecular formula is C18H14N4O4. The second kappa shape index (κ2) is 6.94. The third-order valence-electron chi connectivity index (χ3n) is 3.72. The van der Waals surface area contributed by atoms with Gasteiger partial charge in [-0.15, -0.1) is 0 Å². The molecule has 2 N–H and O–H groups in total. The number of nitrogens with zero attached hydrogens (tertiary/aromatic N) is 3. The molecule has 0 spiro atoms. The van der Waals surface area contributed by atoms with Crippen molar-refractivity contribution in [3.63, 3.8) is 0 Å². The Balaban J connectivity index is 2.23. The lowest BCUT2D eigenvalue weighted by Crippen LogP contribution is -2.16. The van der Waals surface area contributed by atoms with E-state index in [1.807, 2.05) is 0 Å². The summed E-state index contributed by atoms with van der Waals surface area (Å²) in [4.78, 5) is 19.2. The second-order valence-corrected chi connectivity index (χ2v) is 5.19. The summed E-state index contributed by atoms with van der Waals surface area (Å²) in [5, 5.41) is 10.2. The maximum Gasteiger partial charge on any atom is 0.411 e. The summed E-state index contributed by atoms with van der Waals surface area (Å²) in [6, 6.07) is 8.79. The SMILES string of the molecule is COc1cc2ncc(C#N)c(-c3ccc(OC(N)=O)nc3)c2cc1OC. The maximum atomic E-state index is 10.8. The van der Waals surface area contributed by atoms with Crippen LogP contribution in [-0.4, -0.2) is 30.3 Å². The number of ether oxygens (including phenoxy) is 3. The molecule has 0 radical (unpaired) electrons. The molecule has 130 valence electrons. The van der Waals surface area contributed by atoms with Gasteiger partial charge in [0.1, 0.15) is 6.07 Å². The number of primary amides is 1. The predicted octanol–water partition coefficient (Wildman–Crippen LogP) is 2.64. The van der Waals surface area contributed by atoms with Crippen LogP contribution in [0.4, 0.5) is 4.79 Å². The first-order valence-electron chi connectivity index (χ1n) is 7.46. The number of hydrogen-bond donors (Lipinski definition) is 1. The van der Waals surface area contributed by atoms with Crippen LogP contribution in [0.1, 0.15) is 5.56 Å². The number of benzene rings is 1. The molecule has 2 aromatic heterocycles. The van der Waals surface area contributed by atoms with E-state index in [9.17, 15) is 10.1 Å². The molecule has 26 heavy (non-hydrogen) atoms. The third-order valence-corrected chi connectivity index (χ3v) is 3.72. The average molecular weight is 350 g/mol. The first-order chi connectivity index (χ1) is 12.6. The quantitative estimate of drug-likeness (QED) is 0.767. The summed E-state index contributed by atoms with van der Waals surface area (Å²) in [5.74, 6) is 1.11. The van der Waals surface area contributed by atoms with Gasteiger partial charge in [-0.2, -0.15) is 5.26 Å². The van der Waals surface area contributed by atoms with E-state index in [4.69, 9.17) is 19.9 Å². The van der Waals surface area contributed by atoms with E-state index in [1.165, 1.54) is 32.7 Å². The molecule has 8 nitrogen and oxygen atoms in total. The van der Waals surface area contributed by atoms with Crippen LogP contribution in [-0.2, 0) is 0 Å². The Morgan fingerprint density at radius 2 is 1.85 bits per heavy atom. The zero-order chi connectivity index (χ0) is 18.7. The highest BCUT2D eigenvalue weighted by Gasteiger charge is 2.15. The van der Waals surface area contributed by atoms with Crippen LogP contribution in [0.2, 0.25) is 0 Å². The van der Waals surface area contributed by atoms with E-state index in [0.29, 0.717) is 39.1 Å². The van der Waals surface area contributed by atoms with Crippen molar-refractivity contribution in [2.45, 2.75) is 0 Å². The largest absolute Gasteiger partial charge is 0.493 e. The summed E-state index contributed by atoms with van der Waals surface area (Å²) >= 11 is 0. The molecule has 0 saturated carbocycles. The fourth-order valence-corrected chi connectivity index (χ4v) is 2.61. The van der Waals surface area contributed by atoms with Crippen molar-refractivity contribution in [3.8, 4) is 34.6 Å². The van der Waals surface area contributed by atoms with Crippen molar-refractivity contribution in [2.75, 3.05) is 14.2 Å². The molecule has 0 atom stereocenters. The van der Waals surface area contributed by atoms with E-state index in [1.54, 1.807) is 18.2 Å². The van der Waals surface area contributed by atoms with Crippen LogP contribution in [0.15, 0.2) is 36.7 Å². The Morgan fingerprint density at radius 1 is 1.12 bits per heavy atom. The number of rotatable bonds is 4. The second-order valence-electron chi connectivity index (χ2n) is 5.19. The van der Waals surface area contributed by atoms with Crippen LogP contribution in [0, 0.1) is 11.3 Å². The number of fused-ring (bicyclic) bond motifs is 1. The molecule has 0 fully saturated rings. The van der Waals surface area contributed by atoms with E-state index >= 15 is 0 Å². The highest BCUT2D eigenvalue weighted by Crippen LogP contribution is 2.37. The van der Waals surface area contributed by atoms with Crippen molar-refractivity contribution in [2.24, 2.45) is 5.73 Å². The van der Waals surface area contributed by atoms with Gasteiger partial charge in [0.2, 0.25) is 5.88 Å². The van der Waals surface area contributed by atoms with Gasteiger partial charge in [0.05, 0.1) is 25.3 Å². The summed E-state index contributed by atoms with van der Waals surface area (Å²) in [5.41, 5.74) is 7.27. The number of nitrogens with two attached hydrogens (primary N) is 1. The standard InChI is InChI=1S/C18H14N4O4/c1-24-14-5-12-13(6-15(14)25-2)21-9-11(7-19)17(12)10-3-4-16(22-8-10)26-18(20)23/h3-6,8-9H,1-2H3,(H2,20,23). The number of hydrogen-bond acceptors (Lipinski definition) is 7. The molecule has 1 aromatic carbocycles. The van der Waals surface area contributed by atoms with Gasteiger partial charge in [0.15, 0.2) is 11.5 Å². The zero-order valence-corrected chi connectivity index (χ0v) is 14.0. The third kappa shape index (κ3) is 3.06. The normalized spacial score (nSPS) is 10.2. The van der Waals surface area contributed by atoms with Crippen molar-refractivity contribution in [3.05, 3.63) is 42.2 Å². The molecule has 0 saturated heterocycles. The number of methoxy groups -OCH3 is 2. The lowest BCUT2D eigenvalue weighted by molar-refractivity contribution is 0.209. The van der Waals surface area contributed by atoms with Gasteiger partial charge in [-0.05, 0) is 12.1 Å². The summed E-state index contributed by atoms with van der Waals surface area (Å²) in [7, 11) is 3.07. The highest BCUT2D eigenvalue weighted by atomic mass is 16.6. The van der Waals surface area contributed by atoms with Crippen LogP contribution in [0.5, 0.6) is 17.4 Å². The first kappa shape index (κ1) is 17.0. The Hall–Kier alpha value is -3.86. The molecule has 0 unspecified atom stereocenters. The van der Waals surface area contributed by atoms with E-state index < -0.39 is 6.09 Å². The minimum Gasteiger partial charge on any atom is -0.493 e. The molecule has 0 aliphatic carbocycles. The topological polar surface area (TPSA) is 120 Å². The van der Waals surface area contributed by atoms with E-state index in [0.717, 1.165) is 0 Å². The number of amides is 1. The Labute approximate surface area is 148 Å². The Kier molecular flexibility index (Phi) is 4.53. The van der Waals surface area contributed by atoms with Gasteiger partial charge in [-0.1, -0.05) is 0 Å². The first-order valence-corrected chi connectivity index (χ1v) is 7.46. The Bertz CT molecular complexity index is 1030. The molecule has 0 bridgehead atoms. The van der Waals surface area contributed by atoms with Gasteiger partial charge < -0.3 is 19.9 Å². The molecule has 3 rings (SSSR count). The highest BCUT2D eigenvalue weighted by molar-refractivity contribution is 5.98. The van der Waals surface area contributed by atoms with Crippen LogP contribution < -0.4 is 19.9 Å². The average Bonchev–Trinajstić information content (AvgIpc) is 2.66. The number of aromatic nitrogens is 2. The molecule has 3 aromatic rings. The molecular weight excluding hydrogens is 336 g/mol. The smallest absolute Gasteiger partial charge is 0.411 e. The fourth-order valence-electron chi connectivity index (χ4n) is 2.61. The molecule has 8 heteroatoms. The number of pyridine rings is 2. The van der Waals surface area contributed by atoms with Gasteiger partial charge in [0.25, 0.3) is 0 Å². The lowest BCUT2D eigenvalue weighted by Gasteiger charge is -2.13. The summed E-state index contributed by atoms with van der Waals surface area (Å²) < 4.78 is 15.4. The number of carbonyl (C=O) groups is 1. The minimum absolute atomic E-state index is 0.0670. The maximum absolute atomic E-state index is 10.8. The van der Waals surface area contributed by atoms with Crippen LogP contribution in [0.25, 0.3) is 22.0 Å². The molecule has 0 aliphatic rings. The predicted molar refractivity (Wildman–Crippen MR) is 93.0 cm³/mol. The molecule has 1 amide bonds. The summed E-state index contributed by atoms with van der Waals surface area (Å²) in [6.07, 6.45) is 2.02. The Morgan fingerprint density at radius 3 is 2.42 bits per heavy atom. The molecule has 2 heterocycles. The minimum atomic E-state index is -0.950. The zero-order valence-electron chi connectivity index (χ0n) is 14.0. The van der Waals surface area contributed by atoms with Gasteiger partial charge in [-0.3, -0.25) is 4.98 Å². The van der Waals surface area contributed by atoms with Gasteiger partial charge in [-0.25, -0.2) is 9.78 Å².